The topological polar surface area (TPSA) is 62.5 Å². The first kappa shape index (κ1) is 24.0. The lowest BCUT2D eigenvalue weighted by molar-refractivity contribution is -0.137. The van der Waals surface area contributed by atoms with Gasteiger partial charge < -0.3 is 14.8 Å². The van der Waals surface area contributed by atoms with Crippen LogP contribution in [0, 0.1) is 0 Å². The summed E-state index contributed by atoms with van der Waals surface area (Å²) in [4.78, 5) is 11.5. The van der Waals surface area contributed by atoms with Crippen molar-refractivity contribution >= 4 is 39.5 Å². The van der Waals surface area contributed by atoms with Gasteiger partial charge in [0.15, 0.2) is 0 Å². The molecule has 0 fully saturated rings. The molecule has 1 heterocycles. The fourth-order valence-electron chi connectivity index (χ4n) is 4.07. The summed E-state index contributed by atoms with van der Waals surface area (Å²) in [5.41, 5.74) is 0.905. The van der Waals surface area contributed by atoms with E-state index in [0.29, 0.717) is 3.92 Å². The van der Waals surface area contributed by atoms with Gasteiger partial charge in [0.2, 0.25) is 0 Å². The normalized spacial score (nSPS) is 13.6. The van der Waals surface area contributed by atoms with Crippen LogP contribution >= 0.6 is 22.6 Å². The smallest absolute Gasteiger partial charge is 0.305 e. The van der Waals surface area contributed by atoms with E-state index in [1.54, 1.807) is 6.20 Å². The number of rotatable bonds is 15. The zero-order valence-corrected chi connectivity index (χ0v) is 19.8. The summed E-state index contributed by atoms with van der Waals surface area (Å²) in [6.07, 6.45) is 15.6. The van der Waals surface area contributed by atoms with Crippen molar-refractivity contribution in [3.8, 4) is 5.75 Å². The van der Waals surface area contributed by atoms with Crippen LogP contribution in [0.2, 0.25) is 0 Å². The van der Waals surface area contributed by atoms with Crippen LogP contribution in [0.1, 0.15) is 90.0 Å². The SMILES string of the molecule is CCCCCCCCCCCC(I)CC(CC(=O)O)n1cc(O)c2ccccc21. The molecule has 0 saturated carbocycles. The molecule has 0 radical (unpaired) electrons. The maximum absolute atomic E-state index is 11.5. The third-order valence-electron chi connectivity index (χ3n) is 5.67. The first-order chi connectivity index (χ1) is 14.0. The average Bonchev–Trinajstić information content (AvgIpc) is 3.03. The predicted octanol–water partition coefficient (Wildman–Crippen LogP) is 7.48. The van der Waals surface area contributed by atoms with Crippen LogP contribution < -0.4 is 0 Å². The number of aromatic nitrogens is 1. The van der Waals surface area contributed by atoms with E-state index in [1.807, 2.05) is 28.8 Å². The number of carboxylic acid groups (broad SMARTS) is 1. The molecule has 0 aliphatic rings. The largest absolute Gasteiger partial charge is 0.506 e. The molecule has 2 rings (SSSR count). The van der Waals surface area contributed by atoms with Crippen molar-refractivity contribution in [1.82, 2.24) is 4.57 Å². The number of aromatic hydroxyl groups is 1. The summed E-state index contributed by atoms with van der Waals surface area (Å²) in [6, 6.07) is 7.51. The van der Waals surface area contributed by atoms with E-state index < -0.39 is 5.97 Å². The summed E-state index contributed by atoms with van der Waals surface area (Å²) in [6.45, 7) is 2.25. The van der Waals surface area contributed by atoms with Gasteiger partial charge in [0, 0.05) is 21.5 Å². The minimum atomic E-state index is -0.793. The van der Waals surface area contributed by atoms with Gasteiger partial charge in [-0.3, -0.25) is 4.79 Å². The summed E-state index contributed by atoms with van der Waals surface area (Å²) < 4.78 is 2.39. The number of hydrogen-bond acceptors (Lipinski definition) is 2. The Morgan fingerprint density at radius 1 is 1.03 bits per heavy atom. The second-order valence-corrected chi connectivity index (χ2v) is 9.90. The molecule has 2 atom stereocenters. The van der Waals surface area contributed by atoms with E-state index in [0.717, 1.165) is 23.7 Å². The van der Waals surface area contributed by atoms with Crippen LogP contribution in [0.25, 0.3) is 10.9 Å². The molecule has 29 heavy (non-hydrogen) atoms. The lowest BCUT2D eigenvalue weighted by Gasteiger charge is -2.21. The molecule has 2 aromatic rings. The van der Waals surface area contributed by atoms with Crippen molar-refractivity contribution in [3.05, 3.63) is 30.5 Å². The Kier molecular flexibility index (Phi) is 10.9. The highest BCUT2D eigenvalue weighted by Crippen LogP contribution is 2.34. The molecular formula is C24H36INO3. The molecule has 2 unspecified atom stereocenters. The van der Waals surface area contributed by atoms with Gasteiger partial charge in [0.05, 0.1) is 11.9 Å². The number of carbonyl (C=O) groups is 1. The number of halogens is 1. The standard InChI is InChI=1S/C24H36INO3/c1-2-3-4-5-6-7-8-9-10-13-19(25)16-20(17-24(28)29)26-18-23(27)21-14-11-12-15-22(21)26/h11-12,14-15,18-20,27H,2-10,13,16-17H2,1H3,(H,28,29). The van der Waals surface area contributed by atoms with Crippen molar-refractivity contribution in [3.63, 3.8) is 0 Å². The van der Waals surface area contributed by atoms with E-state index in [4.69, 9.17) is 0 Å². The van der Waals surface area contributed by atoms with Crippen molar-refractivity contribution in [2.45, 2.75) is 93.9 Å². The molecule has 2 N–H and O–H groups in total. The van der Waals surface area contributed by atoms with Crippen molar-refractivity contribution in [1.29, 1.82) is 0 Å². The third-order valence-corrected chi connectivity index (χ3v) is 6.80. The first-order valence-electron chi connectivity index (χ1n) is 11.2. The Morgan fingerprint density at radius 3 is 2.31 bits per heavy atom. The van der Waals surface area contributed by atoms with Crippen molar-refractivity contribution in [2.75, 3.05) is 0 Å². The van der Waals surface area contributed by atoms with Gasteiger partial charge in [-0.05, 0) is 25.0 Å². The summed E-state index contributed by atoms with van der Waals surface area (Å²) in [5.74, 6) is -0.570. The van der Waals surface area contributed by atoms with Crippen LogP contribution in [0.5, 0.6) is 5.75 Å². The molecule has 162 valence electrons. The van der Waals surface area contributed by atoms with Gasteiger partial charge in [-0.2, -0.15) is 0 Å². The van der Waals surface area contributed by atoms with E-state index in [1.165, 1.54) is 57.8 Å². The van der Waals surface area contributed by atoms with E-state index in [-0.39, 0.29) is 18.2 Å². The fraction of sp³-hybridized carbons (Fsp3) is 0.625. The van der Waals surface area contributed by atoms with Gasteiger partial charge in [0.1, 0.15) is 5.75 Å². The molecule has 1 aromatic carbocycles. The van der Waals surface area contributed by atoms with Crippen LogP contribution in [0.15, 0.2) is 30.5 Å². The van der Waals surface area contributed by atoms with E-state index in [9.17, 15) is 15.0 Å². The van der Waals surface area contributed by atoms with Crippen molar-refractivity contribution < 1.29 is 15.0 Å². The van der Waals surface area contributed by atoms with Gasteiger partial charge in [-0.25, -0.2) is 0 Å². The Balaban J connectivity index is 1.81. The van der Waals surface area contributed by atoms with Gasteiger partial charge in [0.25, 0.3) is 0 Å². The average molecular weight is 513 g/mol. The molecule has 0 aliphatic carbocycles. The number of para-hydroxylation sites is 1. The molecule has 1 aromatic heterocycles. The Bertz CT molecular complexity index is 743. The number of unbranched alkanes of at least 4 members (excludes halogenated alkanes) is 8. The van der Waals surface area contributed by atoms with Crippen LogP contribution in [-0.4, -0.2) is 24.7 Å². The van der Waals surface area contributed by atoms with E-state index >= 15 is 0 Å². The summed E-state index contributed by atoms with van der Waals surface area (Å²) in [7, 11) is 0. The maximum Gasteiger partial charge on any atom is 0.305 e. The number of benzene rings is 1. The molecule has 4 nitrogen and oxygen atoms in total. The van der Waals surface area contributed by atoms with Gasteiger partial charge >= 0.3 is 5.97 Å². The number of alkyl halides is 1. The first-order valence-corrected chi connectivity index (χ1v) is 12.4. The van der Waals surface area contributed by atoms with Gasteiger partial charge in [-0.15, -0.1) is 0 Å². The second-order valence-electron chi connectivity index (χ2n) is 8.14. The zero-order valence-electron chi connectivity index (χ0n) is 17.7. The zero-order chi connectivity index (χ0) is 21.1. The number of nitrogens with zero attached hydrogens (tertiary/aromatic N) is 1. The molecule has 0 saturated heterocycles. The highest BCUT2D eigenvalue weighted by Gasteiger charge is 2.22. The third kappa shape index (κ3) is 8.19. The van der Waals surface area contributed by atoms with Crippen molar-refractivity contribution in [2.24, 2.45) is 0 Å². The predicted molar refractivity (Wildman–Crippen MR) is 129 cm³/mol. The molecule has 0 bridgehead atoms. The number of aliphatic carboxylic acids is 1. The Labute approximate surface area is 188 Å². The fourth-order valence-corrected chi connectivity index (χ4v) is 5.10. The lowest BCUT2D eigenvalue weighted by atomic mass is 10.0. The van der Waals surface area contributed by atoms with Crippen LogP contribution in [0.3, 0.4) is 0 Å². The summed E-state index contributed by atoms with van der Waals surface area (Å²) in [5, 5.41) is 20.4. The maximum atomic E-state index is 11.5. The van der Waals surface area contributed by atoms with E-state index in [2.05, 4.69) is 29.5 Å². The molecule has 0 amide bonds. The van der Waals surface area contributed by atoms with Crippen LogP contribution in [-0.2, 0) is 4.79 Å². The molecular weight excluding hydrogens is 477 g/mol. The minimum absolute atomic E-state index is 0.0787. The number of fused-ring (bicyclic) bond motifs is 1. The Morgan fingerprint density at radius 2 is 1.66 bits per heavy atom. The molecule has 0 aliphatic heterocycles. The highest BCUT2D eigenvalue weighted by atomic mass is 127. The minimum Gasteiger partial charge on any atom is -0.506 e. The molecule has 5 heteroatoms. The quantitative estimate of drug-likeness (QED) is 0.147. The monoisotopic (exact) mass is 513 g/mol. The van der Waals surface area contributed by atoms with Crippen LogP contribution in [0.4, 0.5) is 0 Å². The second kappa shape index (κ2) is 13.1. The number of carboxylic acids is 1. The molecule has 0 spiro atoms. The number of hydrogen-bond donors (Lipinski definition) is 2. The Hall–Kier alpha value is -1.24. The summed E-state index contributed by atoms with van der Waals surface area (Å²) >= 11 is 2.48. The highest BCUT2D eigenvalue weighted by molar-refractivity contribution is 14.1. The van der Waals surface area contributed by atoms with Gasteiger partial charge in [-0.1, -0.05) is 99.4 Å². The lowest BCUT2D eigenvalue weighted by Crippen LogP contribution is -2.17.